The molecule has 0 atom stereocenters. The van der Waals surface area contributed by atoms with Crippen molar-refractivity contribution in [1.82, 2.24) is 14.7 Å². The number of benzene rings is 2. The summed E-state index contributed by atoms with van der Waals surface area (Å²) in [6.07, 6.45) is 3.96. The molecule has 4 rings (SSSR count). The number of hydrogen-bond acceptors (Lipinski definition) is 4. The van der Waals surface area contributed by atoms with Crippen molar-refractivity contribution in [1.29, 1.82) is 0 Å². The number of hydrogen-bond donors (Lipinski definition) is 0. The van der Waals surface area contributed by atoms with Gasteiger partial charge in [0.1, 0.15) is 0 Å². The first-order valence-electron chi connectivity index (χ1n) is 10.3. The van der Waals surface area contributed by atoms with E-state index in [2.05, 4.69) is 6.92 Å². The number of rotatable bonds is 5. The van der Waals surface area contributed by atoms with Crippen LogP contribution in [0.5, 0.6) is 11.5 Å². The molecule has 0 saturated carbocycles. The lowest BCUT2D eigenvalue weighted by molar-refractivity contribution is 0.0691. The fraction of sp³-hybridized carbons (Fsp3) is 0.333. The molecule has 3 aromatic rings. The molecule has 1 aromatic heterocycles. The molecule has 0 spiro atoms. The summed E-state index contributed by atoms with van der Waals surface area (Å²) in [4.78, 5) is 15.3. The third-order valence-corrected chi connectivity index (χ3v) is 5.70. The number of aromatic nitrogens is 2. The predicted octanol–water partition coefficient (Wildman–Crippen LogP) is 4.43. The number of piperidine rings is 1. The zero-order chi connectivity index (χ0) is 21.1. The Kier molecular flexibility index (Phi) is 5.74. The monoisotopic (exact) mass is 405 g/mol. The first-order chi connectivity index (χ1) is 14.6. The fourth-order valence-corrected chi connectivity index (χ4v) is 3.82. The molecule has 156 valence electrons. The van der Waals surface area contributed by atoms with Gasteiger partial charge >= 0.3 is 0 Å². The van der Waals surface area contributed by atoms with Gasteiger partial charge in [0.05, 0.1) is 19.9 Å². The zero-order valence-electron chi connectivity index (χ0n) is 17.7. The summed E-state index contributed by atoms with van der Waals surface area (Å²) in [5.41, 5.74) is 3.01. The number of para-hydroxylation sites is 1. The molecule has 0 aliphatic carbocycles. The topological polar surface area (TPSA) is 56.6 Å². The average Bonchev–Trinajstić information content (AvgIpc) is 3.24. The molecule has 6 nitrogen and oxygen atoms in total. The van der Waals surface area contributed by atoms with Gasteiger partial charge in [0.2, 0.25) is 0 Å². The van der Waals surface area contributed by atoms with E-state index in [0.717, 1.165) is 42.7 Å². The number of likely N-dealkylation sites (tertiary alicyclic amines) is 1. The fourth-order valence-electron chi connectivity index (χ4n) is 3.82. The second-order valence-electron chi connectivity index (χ2n) is 7.72. The lowest BCUT2D eigenvalue weighted by Gasteiger charge is -2.30. The Balaban J connectivity index is 1.78. The van der Waals surface area contributed by atoms with Crippen LogP contribution in [0.15, 0.2) is 54.7 Å². The normalized spacial score (nSPS) is 14.6. The van der Waals surface area contributed by atoms with Gasteiger partial charge in [0.15, 0.2) is 17.2 Å². The number of methoxy groups -OCH3 is 2. The van der Waals surface area contributed by atoms with Gasteiger partial charge in [-0.25, -0.2) is 4.68 Å². The van der Waals surface area contributed by atoms with E-state index in [4.69, 9.17) is 14.6 Å². The van der Waals surface area contributed by atoms with Crippen molar-refractivity contribution in [2.45, 2.75) is 19.8 Å². The Morgan fingerprint density at radius 1 is 1.00 bits per heavy atom. The van der Waals surface area contributed by atoms with Crippen LogP contribution < -0.4 is 9.47 Å². The van der Waals surface area contributed by atoms with Gasteiger partial charge in [-0.1, -0.05) is 31.2 Å². The molecule has 2 heterocycles. The SMILES string of the molecule is COc1ccc(-c2cn(-c3ccccc3)nc2C(=O)N2CCC(C)CC2)cc1OC. The summed E-state index contributed by atoms with van der Waals surface area (Å²) in [5, 5.41) is 4.70. The Morgan fingerprint density at radius 3 is 2.37 bits per heavy atom. The van der Waals surface area contributed by atoms with Crippen LogP contribution in [0.3, 0.4) is 0 Å². The summed E-state index contributed by atoms with van der Waals surface area (Å²) < 4.78 is 12.6. The van der Waals surface area contributed by atoms with Crippen molar-refractivity contribution in [2.75, 3.05) is 27.3 Å². The Labute approximate surface area is 177 Å². The minimum absolute atomic E-state index is 0.0265. The zero-order valence-corrected chi connectivity index (χ0v) is 17.7. The Hall–Kier alpha value is -3.28. The van der Waals surface area contributed by atoms with Gasteiger partial charge < -0.3 is 14.4 Å². The Morgan fingerprint density at radius 2 is 1.70 bits per heavy atom. The van der Waals surface area contributed by atoms with Gasteiger partial charge in [-0.2, -0.15) is 5.10 Å². The molecule has 2 aromatic carbocycles. The van der Waals surface area contributed by atoms with Crippen LogP contribution in [-0.2, 0) is 0 Å². The number of amides is 1. The molecule has 0 bridgehead atoms. The number of carbonyl (C=O) groups excluding carboxylic acids is 1. The van der Waals surface area contributed by atoms with Crippen molar-refractivity contribution in [3.8, 4) is 28.3 Å². The summed E-state index contributed by atoms with van der Waals surface area (Å²) >= 11 is 0. The summed E-state index contributed by atoms with van der Waals surface area (Å²) in [6, 6.07) is 15.5. The predicted molar refractivity (Wildman–Crippen MR) is 116 cm³/mol. The van der Waals surface area contributed by atoms with E-state index >= 15 is 0 Å². The van der Waals surface area contributed by atoms with Crippen LogP contribution >= 0.6 is 0 Å². The molecule has 1 fully saturated rings. The van der Waals surface area contributed by atoms with Crippen molar-refractivity contribution in [2.24, 2.45) is 5.92 Å². The number of carbonyl (C=O) groups is 1. The summed E-state index contributed by atoms with van der Waals surface area (Å²) in [6.45, 7) is 3.77. The third kappa shape index (κ3) is 3.90. The van der Waals surface area contributed by atoms with Gasteiger partial charge in [0, 0.05) is 24.8 Å². The lowest BCUT2D eigenvalue weighted by Crippen LogP contribution is -2.38. The standard InChI is InChI=1S/C24H27N3O3/c1-17-11-13-26(14-12-17)24(28)23-20(16-27(25-23)19-7-5-4-6-8-19)18-9-10-21(29-2)22(15-18)30-3/h4-10,15-17H,11-14H2,1-3H3. The molecule has 6 heteroatoms. The lowest BCUT2D eigenvalue weighted by atomic mass is 9.98. The van der Waals surface area contributed by atoms with E-state index in [0.29, 0.717) is 23.1 Å². The first-order valence-corrected chi connectivity index (χ1v) is 10.3. The minimum atomic E-state index is -0.0265. The molecule has 1 aliphatic rings. The van der Waals surface area contributed by atoms with E-state index in [1.165, 1.54) is 0 Å². The van der Waals surface area contributed by atoms with Crippen LogP contribution in [0.4, 0.5) is 0 Å². The van der Waals surface area contributed by atoms with Crippen molar-refractivity contribution >= 4 is 5.91 Å². The largest absolute Gasteiger partial charge is 0.493 e. The van der Waals surface area contributed by atoms with E-state index < -0.39 is 0 Å². The molecular formula is C24H27N3O3. The molecule has 0 radical (unpaired) electrons. The highest BCUT2D eigenvalue weighted by molar-refractivity contribution is 5.99. The number of ether oxygens (including phenoxy) is 2. The molecule has 1 aliphatic heterocycles. The highest BCUT2D eigenvalue weighted by Gasteiger charge is 2.27. The molecule has 1 amide bonds. The quantitative estimate of drug-likeness (QED) is 0.630. The van der Waals surface area contributed by atoms with E-state index in [1.54, 1.807) is 18.9 Å². The highest BCUT2D eigenvalue weighted by Crippen LogP contribution is 2.34. The van der Waals surface area contributed by atoms with Crippen LogP contribution in [0, 0.1) is 5.92 Å². The third-order valence-electron chi connectivity index (χ3n) is 5.70. The average molecular weight is 405 g/mol. The minimum Gasteiger partial charge on any atom is -0.493 e. The number of nitrogens with zero attached hydrogens (tertiary/aromatic N) is 3. The van der Waals surface area contributed by atoms with Gasteiger partial charge in [-0.15, -0.1) is 0 Å². The van der Waals surface area contributed by atoms with E-state index in [-0.39, 0.29) is 5.91 Å². The highest BCUT2D eigenvalue weighted by atomic mass is 16.5. The second-order valence-corrected chi connectivity index (χ2v) is 7.72. The van der Waals surface area contributed by atoms with Crippen LogP contribution in [0.1, 0.15) is 30.3 Å². The maximum Gasteiger partial charge on any atom is 0.275 e. The molecular weight excluding hydrogens is 378 g/mol. The molecule has 30 heavy (non-hydrogen) atoms. The molecule has 0 unspecified atom stereocenters. The summed E-state index contributed by atoms with van der Waals surface area (Å²) in [7, 11) is 3.22. The maximum atomic E-state index is 13.4. The van der Waals surface area contributed by atoms with Crippen molar-refractivity contribution < 1.29 is 14.3 Å². The Bertz CT molecular complexity index is 1020. The maximum absolute atomic E-state index is 13.4. The summed E-state index contributed by atoms with van der Waals surface area (Å²) in [5.74, 6) is 1.89. The smallest absolute Gasteiger partial charge is 0.275 e. The van der Waals surface area contributed by atoms with Crippen molar-refractivity contribution in [3.63, 3.8) is 0 Å². The second kappa shape index (κ2) is 8.61. The van der Waals surface area contributed by atoms with Crippen LogP contribution in [0.25, 0.3) is 16.8 Å². The molecule has 0 N–H and O–H groups in total. The van der Waals surface area contributed by atoms with Crippen LogP contribution in [0.2, 0.25) is 0 Å². The molecule has 1 saturated heterocycles. The van der Waals surface area contributed by atoms with Gasteiger partial charge in [-0.05, 0) is 48.6 Å². The van der Waals surface area contributed by atoms with E-state index in [1.807, 2.05) is 59.6 Å². The van der Waals surface area contributed by atoms with Crippen molar-refractivity contribution in [3.05, 3.63) is 60.4 Å². The van der Waals surface area contributed by atoms with Crippen LogP contribution in [-0.4, -0.2) is 47.9 Å². The first kappa shape index (κ1) is 20.0. The van der Waals surface area contributed by atoms with Gasteiger partial charge in [0.25, 0.3) is 5.91 Å². The van der Waals surface area contributed by atoms with Gasteiger partial charge in [-0.3, -0.25) is 4.79 Å². The van der Waals surface area contributed by atoms with E-state index in [9.17, 15) is 4.79 Å².